The number of halogens is 1. The molecule has 5 nitrogen and oxygen atoms in total. The second-order valence-electron chi connectivity index (χ2n) is 5.40. The van der Waals surface area contributed by atoms with Gasteiger partial charge < -0.3 is 16.4 Å². The van der Waals surface area contributed by atoms with Crippen molar-refractivity contribution in [1.82, 2.24) is 10.6 Å². The van der Waals surface area contributed by atoms with E-state index in [1.165, 1.54) is 0 Å². The summed E-state index contributed by atoms with van der Waals surface area (Å²) in [6.45, 7) is 4.43. The molecule has 0 saturated carbocycles. The molecular formula is C15H24ClN3O2. The summed E-state index contributed by atoms with van der Waals surface area (Å²) in [4.78, 5) is 23.3. The van der Waals surface area contributed by atoms with E-state index < -0.39 is 5.54 Å². The Labute approximate surface area is 132 Å². The molecule has 1 aromatic carbocycles. The molecule has 0 aliphatic heterocycles. The van der Waals surface area contributed by atoms with Crippen molar-refractivity contribution >= 4 is 24.2 Å². The molecular weight excluding hydrogens is 290 g/mol. The van der Waals surface area contributed by atoms with E-state index in [9.17, 15) is 9.59 Å². The van der Waals surface area contributed by atoms with Gasteiger partial charge in [0, 0.05) is 25.0 Å². The fourth-order valence-corrected chi connectivity index (χ4v) is 1.65. The molecule has 1 rings (SSSR count). The molecule has 0 atom stereocenters. The van der Waals surface area contributed by atoms with Crippen molar-refractivity contribution in [2.45, 2.75) is 32.2 Å². The zero-order valence-electron chi connectivity index (χ0n) is 12.5. The van der Waals surface area contributed by atoms with Gasteiger partial charge in [0.05, 0.1) is 6.42 Å². The van der Waals surface area contributed by atoms with Gasteiger partial charge in [0.2, 0.25) is 11.8 Å². The van der Waals surface area contributed by atoms with E-state index in [0.717, 1.165) is 5.56 Å². The number of amides is 2. The molecule has 118 valence electrons. The van der Waals surface area contributed by atoms with Crippen molar-refractivity contribution in [3.8, 4) is 0 Å². The van der Waals surface area contributed by atoms with Crippen LogP contribution >= 0.6 is 12.4 Å². The second kappa shape index (κ2) is 9.37. The molecule has 0 heterocycles. The molecule has 0 fully saturated rings. The summed E-state index contributed by atoms with van der Waals surface area (Å²) in [5.74, 6) is -0.192. The van der Waals surface area contributed by atoms with Crippen LogP contribution in [0, 0.1) is 0 Å². The van der Waals surface area contributed by atoms with Crippen molar-refractivity contribution < 1.29 is 9.59 Å². The molecule has 0 unspecified atom stereocenters. The van der Waals surface area contributed by atoms with E-state index in [0.29, 0.717) is 19.5 Å². The van der Waals surface area contributed by atoms with E-state index in [4.69, 9.17) is 5.73 Å². The van der Waals surface area contributed by atoms with E-state index in [2.05, 4.69) is 10.6 Å². The number of carbonyl (C=O) groups is 2. The quantitative estimate of drug-likeness (QED) is 0.702. The maximum Gasteiger partial charge on any atom is 0.224 e. The Bertz CT molecular complexity index is 449. The molecule has 1 aromatic rings. The van der Waals surface area contributed by atoms with Gasteiger partial charge in [0.25, 0.3) is 0 Å². The largest absolute Gasteiger partial charge is 0.355 e. The number of nitrogens with one attached hydrogen (secondary N) is 2. The molecule has 0 aliphatic carbocycles. The molecule has 0 aromatic heterocycles. The van der Waals surface area contributed by atoms with Crippen LogP contribution in [0.4, 0.5) is 0 Å². The van der Waals surface area contributed by atoms with Crippen LogP contribution in [0.3, 0.4) is 0 Å². The Balaban J connectivity index is 0.00000400. The van der Waals surface area contributed by atoms with Gasteiger partial charge in [-0.1, -0.05) is 30.3 Å². The van der Waals surface area contributed by atoms with Crippen LogP contribution in [0.2, 0.25) is 0 Å². The minimum atomic E-state index is -0.412. The molecule has 6 heteroatoms. The lowest BCUT2D eigenvalue weighted by molar-refractivity contribution is -0.123. The Kier molecular flexibility index (Phi) is 8.66. The third-order valence-electron chi connectivity index (χ3n) is 2.87. The average Bonchev–Trinajstić information content (AvgIpc) is 2.39. The van der Waals surface area contributed by atoms with Gasteiger partial charge in [-0.15, -0.1) is 12.4 Å². The third kappa shape index (κ3) is 8.32. The first-order chi connectivity index (χ1) is 9.43. The predicted octanol–water partition coefficient (Wildman–Crippen LogP) is 1.01. The summed E-state index contributed by atoms with van der Waals surface area (Å²) in [6, 6.07) is 9.49. The van der Waals surface area contributed by atoms with Crippen LogP contribution in [0.1, 0.15) is 25.8 Å². The topological polar surface area (TPSA) is 84.2 Å². The lowest BCUT2D eigenvalue weighted by atomic mass is 10.1. The minimum Gasteiger partial charge on any atom is -0.355 e. The van der Waals surface area contributed by atoms with Gasteiger partial charge in [-0.3, -0.25) is 9.59 Å². The van der Waals surface area contributed by atoms with E-state index >= 15 is 0 Å². The maximum absolute atomic E-state index is 11.7. The highest BCUT2D eigenvalue weighted by molar-refractivity contribution is 5.85. The Hall–Kier alpha value is -1.59. The summed E-state index contributed by atoms with van der Waals surface area (Å²) in [6.07, 6.45) is 0.584. The van der Waals surface area contributed by atoms with Crippen LogP contribution in [-0.4, -0.2) is 30.4 Å². The van der Waals surface area contributed by atoms with Crippen LogP contribution in [0.25, 0.3) is 0 Å². The van der Waals surface area contributed by atoms with E-state index in [1.807, 2.05) is 44.2 Å². The highest BCUT2D eigenvalue weighted by atomic mass is 35.5. The fraction of sp³-hybridized carbons (Fsp3) is 0.467. The zero-order chi connectivity index (χ0) is 15.0. The summed E-state index contributed by atoms with van der Waals surface area (Å²) in [5.41, 5.74) is 6.08. The van der Waals surface area contributed by atoms with Crippen molar-refractivity contribution in [2.75, 3.05) is 13.1 Å². The Morgan fingerprint density at radius 3 is 2.33 bits per heavy atom. The molecule has 21 heavy (non-hydrogen) atoms. The summed E-state index contributed by atoms with van der Waals surface area (Å²) in [5, 5.41) is 5.55. The lowest BCUT2D eigenvalue weighted by Crippen LogP contribution is -2.49. The van der Waals surface area contributed by atoms with Crippen LogP contribution in [-0.2, 0) is 16.0 Å². The number of carbonyl (C=O) groups excluding carboxylic acids is 2. The SMILES string of the molecule is CC(C)(CN)NC(=O)CCNC(=O)Cc1ccccc1.Cl. The number of hydrogen-bond acceptors (Lipinski definition) is 3. The van der Waals surface area contributed by atoms with Crippen LogP contribution in [0.5, 0.6) is 0 Å². The number of nitrogens with two attached hydrogens (primary N) is 1. The molecule has 0 radical (unpaired) electrons. The third-order valence-corrected chi connectivity index (χ3v) is 2.87. The monoisotopic (exact) mass is 313 g/mol. The smallest absolute Gasteiger partial charge is 0.224 e. The normalized spacial score (nSPS) is 10.4. The zero-order valence-corrected chi connectivity index (χ0v) is 13.3. The van der Waals surface area contributed by atoms with Crippen molar-refractivity contribution in [2.24, 2.45) is 5.73 Å². The van der Waals surface area contributed by atoms with Crippen molar-refractivity contribution in [3.63, 3.8) is 0 Å². The predicted molar refractivity (Wildman–Crippen MR) is 86.3 cm³/mol. The van der Waals surface area contributed by atoms with Gasteiger partial charge in [-0.2, -0.15) is 0 Å². The van der Waals surface area contributed by atoms with Crippen molar-refractivity contribution in [3.05, 3.63) is 35.9 Å². The molecule has 0 saturated heterocycles. The minimum absolute atomic E-state index is 0. The van der Waals surface area contributed by atoms with Gasteiger partial charge >= 0.3 is 0 Å². The van der Waals surface area contributed by atoms with Gasteiger partial charge in [0.15, 0.2) is 0 Å². The molecule has 4 N–H and O–H groups in total. The molecule has 2 amide bonds. The van der Waals surface area contributed by atoms with Gasteiger partial charge in [-0.25, -0.2) is 0 Å². The number of benzene rings is 1. The number of hydrogen-bond donors (Lipinski definition) is 3. The van der Waals surface area contributed by atoms with Crippen LogP contribution < -0.4 is 16.4 Å². The molecule has 0 spiro atoms. The average molecular weight is 314 g/mol. The fourth-order valence-electron chi connectivity index (χ4n) is 1.65. The number of rotatable bonds is 7. The van der Waals surface area contributed by atoms with Gasteiger partial charge in [-0.05, 0) is 19.4 Å². The maximum atomic E-state index is 11.7. The van der Waals surface area contributed by atoms with Gasteiger partial charge in [0.1, 0.15) is 0 Å². The summed E-state index contributed by atoms with van der Waals surface area (Å²) >= 11 is 0. The van der Waals surface area contributed by atoms with E-state index in [-0.39, 0.29) is 30.6 Å². The molecule has 0 aliphatic rings. The standard InChI is InChI=1S/C15H23N3O2.ClH/c1-15(2,11-16)18-13(19)8-9-17-14(20)10-12-6-4-3-5-7-12;/h3-7H,8-11,16H2,1-2H3,(H,17,20)(H,18,19);1H. The van der Waals surface area contributed by atoms with E-state index in [1.54, 1.807) is 0 Å². The van der Waals surface area contributed by atoms with Crippen LogP contribution in [0.15, 0.2) is 30.3 Å². The highest BCUT2D eigenvalue weighted by Gasteiger charge is 2.17. The molecule has 0 bridgehead atoms. The Morgan fingerprint density at radius 1 is 1.14 bits per heavy atom. The second-order valence-corrected chi connectivity index (χ2v) is 5.40. The first-order valence-corrected chi connectivity index (χ1v) is 6.74. The Morgan fingerprint density at radius 2 is 1.76 bits per heavy atom. The first-order valence-electron chi connectivity index (χ1n) is 6.74. The summed E-state index contributed by atoms with van der Waals surface area (Å²) < 4.78 is 0. The van der Waals surface area contributed by atoms with Crippen molar-refractivity contribution in [1.29, 1.82) is 0 Å². The summed E-state index contributed by atoms with van der Waals surface area (Å²) in [7, 11) is 0. The highest BCUT2D eigenvalue weighted by Crippen LogP contribution is 2.00. The lowest BCUT2D eigenvalue weighted by Gasteiger charge is -2.24. The first kappa shape index (κ1) is 19.4.